The van der Waals surface area contributed by atoms with Gasteiger partial charge in [0.1, 0.15) is 0 Å². The van der Waals surface area contributed by atoms with Gasteiger partial charge in [0.25, 0.3) is 0 Å². The first-order valence-electron chi connectivity index (χ1n) is 6.62. The maximum absolute atomic E-state index is 5.32. The second kappa shape index (κ2) is 6.40. The Morgan fingerprint density at radius 1 is 1.12 bits per heavy atom. The van der Waals surface area contributed by atoms with Crippen LogP contribution >= 0.6 is 12.2 Å². The van der Waals surface area contributed by atoms with Crippen LogP contribution < -0.4 is 16.0 Å². The van der Waals surface area contributed by atoms with E-state index in [2.05, 4.69) is 16.0 Å². The van der Waals surface area contributed by atoms with Gasteiger partial charge < -0.3 is 16.0 Å². The largest absolute Gasteiger partial charge is 0.361 e. The Bertz CT molecular complexity index is 220. The van der Waals surface area contributed by atoms with Crippen molar-refractivity contribution in [2.45, 2.75) is 57.0 Å². The number of hydrogen-bond acceptors (Lipinski definition) is 2. The van der Waals surface area contributed by atoms with Gasteiger partial charge in [-0.25, -0.2) is 0 Å². The molecule has 0 aromatic heterocycles. The summed E-state index contributed by atoms with van der Waals surface area (Å²) in [6.07, 6.45) is 9.24. The van der Waals surface area contributed by atoms with Crippen LogP contribution in [0, 0.1) is 0 Å². The minimum absolute atomic E-state index is 0.616. The van der Waals surface area contributed by atoms with Crippen LogP contribution in [0.5, 0.6) is 0 Å². The summed E-state index contributed by atoms with van der Waals surface area (Å²) in [5.41, 5.74) is 0. The highest BCUT2D eigenvalue weighted by molar-refractivity contribution is 7.80. The Labute approximate surface area is 104 Å². The molecule has 3 nitrogen and oxygen atoms in total. The molecule has 1 aliphatic carbocycles. The Balaban J connectivity index is 1.59. The van der Waals surface area contributed by atoms with Gasteiger partial charge in [-0.2, -0.15) is 0 Å². The third kappa shape index (κ3) is 3.91. The van der Waals surface area contributed by atoms with Gasteiger partial charge >= 0.3 is 0 Å². The molecular formula is C12H23N3S. The molecule has 0 radical (unpaired) electrons. The molecule has 0 aromatic rings. The summed E-state index contributed by atoms with van der Waals surface area (Å²) in [6, 6.07) is 1.23. The van der Waals surface area contributed by atoms with Gasteiger partial charge in [-0.15, -0.1) is 0 Å². The second-order valence-electron chi connectivity index (χ2n) is 4.98. The van der Waals surface area contributed by atoms with Crippen molar-refractivity contribution in [2.24, 2.45) is 0 Å². The second-order valence-corrected chi connectivity index (χ2v) is 5.39. The standard InChI is InChI=1S/C12H23N3S/c16-12(14-9-11-7-4-8-13-11)15-10-5-2-1-3-6-10/h10-11,13H,1-9H2,(H2,14,15,16)/t11-/m0/s1. The van der Waals surface area contributed by atoms with Gasteiger partial charge in [-0.3, -0.25) is 0 Å². The molecule has 1 aliphatic heterocycles. The lowest BCUT2D eigenvalue weighted by Gasteiger charge is -2.25. The SMILES string of the molecule is S=C(NC[C@@H]1CCCN1)NC1CCCCC1. The van der Waals surface area contributed by atoms with Crippen molar-refractivity contribution < 1.29 is 0 Å². The zero-order valence-corrected chi connectivity index (χ0v) is 10.7. The number of rotatable bonds is 3. The van der Waals surface area contributed by atoms with Crippen LogP contribution in [-0.4, -0.2) is 30.3 Å². The van der Waals surface area contributed by atoms with Crippen LogP contribution in [-0.2, 0) is 0 Å². The molecular weight excluding hydrogens is 218 g/mol. The molecule has 2 aliphatic rings. The van der Waals surface area contributed by atoms with E-state index in [1.54, 1.807) is 0 Å². The Morgan fingerprint density at radius 3 is 2.62 bits per heavy atom. The van der Waals surface area contributed by atoms with E-state index in [1.165, 1.54) is 44.9 Å². The predicted octanol–water partition coefficient (Wildman–Crippen LogP) is 1.54. The molecule has 1 saturated heterocycles. The van der Waals surface area contributed by atoms with Crippen LogP contribution in [0.15, 0.2) is 0 Å². The lowest BCUT2D eigenvalue weighted by Crippen LogP contribution is -2.46. The summed E-state index contributed by atoms with van der Waals surface area (Å²) in [7, 11) is 0. The molecule has 0 amide bonds. The van der Waals surface area contributed by atoms with Crippen molar-refractivity contribution in [1.29, 1.82) is 0 Å². The minimum atomic E-state index is 0.616. The fraction of sp³-hybridized carbons (Fsp3) is 0.917. The van der Waals surface area contributed by atoms with E-state index in [0.717, 1.165) is 18.2 Å². The molecule has 0 bridgehead atoms. The van der Waals surface area contributed by atoms with E-state index in [1.807, 2.05) is 0 Å². The molecule has 1 atom stereocenters. The lowest BCUT2D eigenvalue weighted by atomic mass is 9.96. The van der Waals surface area contributed by atoms with E-state index in [9.17, 15) is 0 Å². The van der Waals surface area contributed by atoms with Gasteiger partial charge in [-0.05, 0) is 44.4 Å². The Kier molecular flexibility index (Phi) is 4.85. The molecule has 2 fully saturated rings. The number of thiocarbonyl (C=S) groups is 1. The van der Waals surface area contributed by atoms with E-state index < -0.39 is 0 Å². The quantitative estimate of drug-likeness (QED) is 0.655. The molecule has 92 valence electrons. The summed E-state index contributed by atoms with van der Waals surface area (Å²) >= 11 is 5.32. The zero-order chi connectivity index (χ0) is 11.2. The van der Waals surface area contributed by atoms with E-state index >= 15 is 0 Å². The van der Waals surface area contributed by atoms with Crippen LogP contribution in [0.1, 0.15) is 44.9 Å². The molecule has 0 unspecified atom stereocenters. The van der Waals surface area contributed by atoms with Crippen molar-refractivity contribution in [3.05, 3.63) is 0 Å². The van der Waals surface area contributed by atoms with Gasteiger partial charge in [0, 0.05) is 18.6 Å². The van der Waals surface area contributed by atoms with E-state index in [0.29, 0.717) is 12.1 Å². The monoisotopic (exact) mass is 241 g/mol. The third-order valence-corrected chi connectivity index (χ3v) is 3.87. The normalized spacial score (nSPS) is 26.6. The first-order valence-corrected chi connectivity index (χ1v) is 7.03. The van der Waals surface area contributed by atoms with Crippen LogP contribution in [0.3, 0.4) is 0 Å². The predicted molar refractivity (Wildman–Crippen MR) is 71.6 cm³/mol. The summed E-state index contributed by atoms with van der Waals surface area (Å²) in [6.45, 7) is 2.13. The first-order chi connectivity index (χ1) is 7.84. The summed E-state index contributed by atoms with van der Waals surface area (Å²) in [5.74, 6) is 0. The Morgan fingerprint density at radius 2 is 1.94 bits per heavy atom. The number of hydrogen-bond donors (Lipinski definition) is 3. The molecule has 1 saturated carbocycles. The molecule has 3 N–H and O–H groups in total. The lowest BCUT2D eigenvalue weighted by molar-refractivity contribution is 0.411. The Hall–Kier alpha value is -0.350. The van der Waals surface area contributed by atoms with Crippen LogP contribution in [0.4, 0.5) is 0 Å². The van der Waals surface area contributed by atoms with Gasteiger partial charge in [0.05, 0.1) is 0 Å². The average Bonchev–Trinajstić information content (AvgIpc) is 2.81. The maximum Gasteiger partial charge on any atom is 0.166 e. The fourth-order valence-corrected chi connectivity index (χ4v) is 2.88. The van der Waals surface area contributed by atoms with Gasteiger partial charge in [0.2, 0.25) is 0 Å². The third-order valence-electron chi connectivity index (χ3n) is 3.61. The van der Waals surface area contributed by atoms with Crippen molar-refractivity contribution in [3.63, 3.8) is 0 Å². The van der Waals surface area contributed by atoms with Gasteiger partial charge in [0.15, 0.2) is 5.11 Å². The molecule has 1 heterocycles. The molecule has 4 heteroatoms. The summed E-state index contributed by atoms with van der Waals surface area (Å²) < 4.78 is 0. The van der Waals surface area contributed by atoms with E-state index in [-0.39, 0.29) is 0 Å². The molecule has 16 heavy (non-hydrogen) atoms. The van der Waals surface area contributed by atoms with E-state index in [4.69, 9.17) is 12.2 Å². The number of nitrogens with one attached hydrogen (secondary N) is 3. The highest BCUT2D eigenvalue weighted by Crippen LogP contribution is 2.17. The minimum Gasteiger partial charge on any atom is -0.361 e. The highest BCUT2D eigenvalue weighted by Gasteiger charge is 2.16. The van der Waals surface area contributed by atoms with Gasteiger partial charge in [-0.1, -0.05) is 19.3 Å². The fourth-order valence-electron chi connectivity index (χ4n) is 2.63. The smallest absolute Gasteiger partial charge is 0.166 e. The van der Waals surface area contributed by atoms with Crippen molar-refractivity contribution >= 4 is 17.3 Å². The zero-order valence-electron chi connectivity index (χ0n) is 9.93. The molecule has 0 aromatic carbocycles. The first kappa shape index (κ1) is 12.1. The molecule has 0 spiro atoms. The topological polar surface area (TPSA) is 36.1 Å². The van der Waals surface area contributed by atoms with Crippen LogP contribution in [0.25, 0.3) is 0 Å². The summed E-state index contributed by atoms with van der Waals surface area (Å²) in [5, 5.41) is 11.1. The summed E-state index contributed by atoms with van der Waals surface area (Å²) in [4.78, 5) is 0. The van der Waals surface area contributed by atoms with Crippen LogP contribution in [0.2, 0.25) is 0 Å². The highest BCUT2D eigenvalue weighted by atomic mass is 32.1. The van der Waals surface area contributed by atoms with Crippen molar-refractivity contribution in [2.75, 3.05) is 13.1 Å². The average molecular weight is 241 g/mol. The van der Waals surface area contributed by atoms with Crippen molar-refractivity contribution in [1.82, 2.24) is 16.0 Å². The van der Waals surface area contributed by atoms with Crippen molar-refractivity contribution in [3.8, 4) is 0 Å². The maximum atomic E-state index is 5.32. The molecule has 2 rings (SSSR count).